The molecule has 3 N–H and O–H groups in total. The summed E-state index contributed by atoms with van der Waals surface area (Å²) in [6.45, 7) is 14.5. The van der Waals surface area contributed by atoms with Gasteiger partial charge in [0.05, 0.1) is 26.4 Å². The molecule has 5 unspecified atom stereocenters. The molecule has 0 rings (SSSR count). The highest BCUT2D eigenvalue weighted by molar-refractivity contribution is 7.47. The van der Waals surface area contributed by atoms with E-state index in [0.717, 1.165) is 120 Å². The first kappa shape index (κ1) is 110. The predicted octanol–water partition coefficient (Wildman–Crippen LogP) is 28.7. The number of unbranched alkanes of at least 4 members (excludes halogenated alkanes) is 53. The minimum atomic E-state index is -4.97. The molecular weight excluding hydrogens is 1450 g/mol. The van der Waals surface area contributed by atoms with Gasteiger partial charge in [0.25, 0.3) is 0 Å². The zero-order valence-corrected chi connectivity index (χ0v) is 76.1. The molecule has 0 spiro atoms. The fourth-order valence-electron chi connectivity index (χ4n) is 14.5. The second kappa shape index (κ2) is 81.4. The predicted molar refractivity (Wildman–Crippen MR) is 464 cm³/mol. The molecule has 0 aliphatic heterocycles. The molecule has 0 aliphatic rings. The zero-order chi connectivity index (χ0) is 82.3. The van der Waals surface area contributed by atoms with Crippen molar-refractivity contribution in [2.75, 3.05) is 39.6 Å². The third-order valence-corrected chi connectivity index (χ3v) is 24.8. The molecular formula is C93H182O17P2. The van der Waals surface area contributed by atoms with Gasteiger partial charge in [-0.05, 0) is 49.4 Å². The lowest BCUT2D eigenvalue weighted by Gasteiger charge is -2.21. The van der Waals surface area contributed by atoms with E-state index >= 15 is 0 Å². The molecule has 0 bridgehead atoms. The van der Waals surface area contributed by atoms with Crippen LogP contribution < -0.4 is 0 Å². The van der Waals surface area contributed by atoms with Crippen LogP contribution in [0.15, 0.2) is 0 Å². The lowest BCUT2D eigenvalue weighted by molar-refractivity contribution is -0.161. The number of rotatable bonds is 90. The van der Waals surface area contributed by atoms with E-state index in [9.17, 15) is 43.2 Å². The first-order valence-electron chi connectivity index (χ1n) is 47.8. The molecule has 0 aliphatic carbocycles. The summed E-state index contributed by atoms with van der Waals surface area (Å²) in [6.07, 6.45) is 73.7. The summed E-state index contributed by atoms with van der Waals surface area (Å²) in [5.41, 5.74) is 0. The molecule has 0 saturated heterocycles. The molecule has 0 saturated carbocycles. The highest BCUT2D eigenvalue weighted by Gasteiger charge is 2.31. The normalized spacial score (nSPS) is 14.5. The number of hydrogen-bond acceptors (Lipinski definition) is 15. The smallest absolute Gasteiger partial charge is 0.462 e. The summed E-state index contributed by atoms with van der Waals surface area (Å²) in [6, 6.07) is 0. The average Bonchev–Trinajstić information content (AvgIpc) is 0.902. The lowest BCUT2D eigenvalue weighted by Crippen LogP contribution is -2.30. The van der Waals surface area contributed by atoms with Crippen molar-refractivity contribution in [3.63, 3.8) is 0 Å². The van der Waals surface area contributed by atoms with Gasteiger partial charge in [0, 0.05) is 25.7 Å². The van der Waals surface area contributed by atoms with E-state index in [0.29, 0.717) is 25.7 Å². The third-order valence-electron chi connectivity index (χ3n) is 22.9. The minimum absolute atomic E-state index is 0.107. The van der Waals surface area contributed by atoms with Crippen LogP contribution in [0.4, 0.5) is 0 Å². The number of phosphoric ester groups is 2. The van der Waals surface area contributed by atoms with E-state index in [1.807, 2.05) is 0 Å². The Morgan fingerprint density at radius 1 is 0.250 bits per heavy atom. The van der Waals surface area contributed by atoms with E-state index in [4.69, 9.17) is 37.0 Å². The Bertz CT molecular complexity index is 2170. The number of ether oxygens (including phenoxy) is 4. The van der Waals surface area contributed by atoms with E-state index in [2.05, 4.69) is 55.4 Å². The number of aliphatic hydroxyl groups is 1. The Morgan fingerprint density at radius 2 is 0.429 bits per heavy atom. The summed E-state index contributed by atoms with van der Waals surface area (Å²) in [4.78, 5) is 73.4. The number of hydrogen-bond donors (Lipinski definition) is 3. The van der Waals surface area contributed by atoms with Crippen molar-refractivity contribution < 1.29 is 80.2 Å². The molecule has 0 aromatic rings. The maximum atomic E-state index is 13.2. The Labute approximate surface area is 689 Å². The van der Waals surface area contributed by atoms with Gasteiger partial charge < -0.3 is 33.8 Å². The molecule has 0 fully saturated rings. The van der Waals surface area contributed by atoms with Gasteiger partial charge in [-0.25, -0.2) is 9.13 Å². The summed E-state index contributed by atoms with van der Waals surface area (Å²) < 4.78 is 69.1. The summed E-state index contributed by atoms with van der Waals surface area (Å²) in [5.74, 6) is 1.18. The first-order chi connectivity index (χ1) is 54.2. The molecule has 0 radical (unpaired) electrons. The fourth-order valence-corrected chi connectivity index (χ4v) is 16.0. The second-order valence-corrected chi connectivity index (χ2v) is 37.5. The molecule has 0 heterocycles. The van der Waals surface area contributed by atoms with Crippen LogP contribution in [-0.2, 0) is 65.4 Å². The van der Waals surface area contributed by atoms with E-state index in [1.54, 1.807) is 0 Å². The van der Waals surface area contributed by atoms with Crippen LogP contribution in [0, 0.1) is 23.7 Å². The third kappa shape index (κ3) is 81.8. The highest BCUT2D eigenvalue weighted by Crippen LogP contribution is 2.45. The molecule has 19 heteroatoms. The maximum Gasteiger partial charge on any atom is 0.472 e. The molecule has 0 amide bonds. The number of carbonyl (C=O) groups is 4. The quantitative estimate of drug-likeness (QED) is 0.0222. The van der Waals surface area contributed by atoms with Crippen LogP contribution in [0.5, 0.6) is 0 Å². The minimum Gasteiger partial charge on any atom is -0.462 e. The van der Waals surface area contributed by atoms with E-state index in [-0.39, 0.29) is 25.7 Å². The van der Waals surface area contributed by atoms with Gasteiger partial charge in [0.15, 0.2) is 12.2 Å². The Kier molecular flexibility index (Phi) is 80.0. The number of phosphoric acid groups is 2. The van der Waals surface area contributed by atoms with Crippen molar-refractivity contribution in [1.82, 2.24) is 0 Å². The first-order valence-corrected chi connectivity index (χ1v) is 50.8. The Morgan fingerprint density at radius 3 is 0.634 bits per heavy atom. The van der Waals surface area contributed by atoms with Crippen LogP contribution in [0.1, 0.15) is 492 Å². The van der Waals surface area contributed by atoms with Gasteiger partial charge >= 0.3 is 39.5 Å². The molecule has 0 aromatic carbocycles. The van der Waals surface area contributed by atoms with Crippen molar-refractivity contribution in [2.45, 2.75) is 510 Å². The van der Waals surface area contributed by atoms with Crippen LogP contribution >= 0.6 is 15.6 Å². The molecule has 666 valence electrons. The summed E-state index contributed by atoms with van der Waals surface area (Å²) in [5, 5.41) is 10.7. The molecule has 112 heavy (non-hydrogen) atoms. The lowest BCUT2D eigenvalue weighted by atomic mass is 9.99. The summed E-state index contributed by atoms with van der Waals surface area (Å²) in [7, 11) is -9.94. The van der Waals surface area contributed by atoms with Crippen molar-refractivity contribution in [1.29, 1.82) is 0 Å². The fraction of sp³-hybridized carbons (Fsp3) is 0.957. The highest BCUT2D eigenvalue weighted by atomic mass is 31.2. The van der Waals surface area contributed by atoms with Crippen molar-refractivity contribution in [3.8, 4) is 0 Å². The van der Waals surface area contributed by atoms with Gasteiger partial charge in [0.1, 0.15) is 19.3 Å². The van der Waals surface area contributed by atoms with Gasteiger partial charge in [-0.3, -0.25) is 37.3 Å². The van der Waals surface area contributed by atoms with E-state index < -0.39 is 97.5 Å². The average molecular weight is 1630 g/mol. The summed E-state index contributed by atoms with van der Waals surface area (Å²) >= 11 is 0. The second-order valence-electron chi connectivity index (χ2n) is 34.6. The molecule has 8 atom stereocenters. The molecule has 0 aromatic heterocycles. The van der Waals surface area contributed by atoms with Gasteiger partial charge in [0.2, 0.25) is 0 Å². The Hall–Kier alpha value is -1.94. The van der Waals surface area contributed by atoms with Crippen LogP contribution in [0.25, 0.3) is 0 Å². The number of carbonyl (C=O) groups excluding carboxylic acids is 4. The van der Waals surface area contributed by atoms with Gasteiger partial charge in [-0.2, -0.15) is 0 Å². The van der Waals surface area contributed by atoms with Crippen molar-refractivity contribution in [3.05, 3.63) is 0 Å². The topological polar surface area (TPSA) is 237 Å². The van der Waals surface area contributed by atoms with Gasteiger partial charge in [-0.1, -0.05) is 441 Å². The van der Waals surface area contributed by atoms with Crippen LogP contribution in [0.3, 0.4) is 0 Å². The van der Waals surface area contributed by atoms with Crippen LogP contribution in [0.2, 0.25) is 0 Å². The zero-order valence-electron chi connectivity index (χ0n) is 74.3. The largest absolute Gasteiger partial charge is 0.472 e. The van der Waals surface area contributed by atoms with Crippen molar-refractivity contribution >= 4 is 39.5 Å². The van der Waals surface area contributed by atoms with Gasteiger partial charge in [-0.15, -0.1) is 0 Å². The maximum absolute atomic E-state index is 13.2. The Balaban J connectivity index is 5.21. The SMILES string of the molecule is CCC(C)CCCCCCCCCCCCCCCCCCCCC(=O)O[C@H](COC(=O)CCCCCCCCCCCCCCCCCC(C)C)COP(=O)(O)OC[C@@H](O)COP(=O)(O)OC[C@@H](COC(=O)CCCCCCCCC(C)CC)OC(=O)CCCCCCCCCCCCCCCCCCCCC(C)CC. The monoisotopic (exact) mass is 1630 g/mol. The van der Waals surface area contributed by atoms with Crippen molar-refractivity contribution in [2.24, 2.45) is 23.7 Å². The number of esters is 4. The standard InChI is InChI=1S/C93H182O17P2/c1-9-84(6)70-62-54-46-40-34-28-22-16-12-14-18-24-31-37-43-49-59-67-75-92(97)109-88(79-103-90(95)73-65-57-48-42-36-30-26-20-21-27-33-39-45-53-61-69-83(4)5)81-107-111(99,100)105-77-87(94)78-106-112(101,102)108-82-89(80-104-91(96)74-66-58-52-51-56-64-72-86(8)11-3)110-93(98)76-68-60-50-44-38-32-25-19-15-13-17-23-29-35-41-47-55-63-71-85(7)10-2/h83-89,94H,9-82H2,1-8H3,(H,99,100)(H,101,102)/t84?,85?,86?,87-,88-,89-/m1/s1. The van der Waals surface area contributed by atoms with Crippen LogP contribution in [-0.4, -0.2) is 96.7 Å². The number of aliphatic hydroxyl groups excluding tert-OH is 1. The molecule has 17 nitrogen and oxygen atoms in total. The van der Waals surface area contributed by atoms with E-state index in [1.165, 1.54) is 289 Å².